The number of nitrogens with one attached hydrogen (secondary N) is 1. The van der Waals surface area contributed by atoms with Crippen molar-refractivity contribution < 1.29 is 19.1 Å². The molecule has 0 aliphatic heterocycles. The van der Waals surface area contributed by atoms with Crippen LogP contribution in [0.15, 0.2) is 36.5 Å². The van der Waals surface area contributed by atoms with E-state index in [4.69, 9.17) is 5.11 Å². The number of carbonyl (C=O) groups is 2. The summed E-state index contributed by atoms with van der Waals surface area (Å²) in [6, 6.07) is 7.55. The summed E-state index contributed by atoms with van der Waals surface area (Å²) in [7, 11) is 0. The Morgan fingerprint density at radius 1 is 1.32 bits per heavy atom. The zero-order chi connectivity index (χ0) is 16.3. The van der Waals surface area contributed by atoms with Crippen LogP contribution in [0.25, 0.3) is 0 Å². The second kappa shape index (κ2) is 5.97. The Kier molecular flexibility index (Phi) is 4.25. The second-order valence-corrected chi connectivity index (χ2v) is 5.35. The zero-order valence-corrected chi connectivity index (χ0v) is 12.2. The standard InChI is InChI=1S/C15H16FN3O3/c1-15(2,10-5-3-4-6-11(10)16)14(22)17-12-7-8-19(18-12)9-13(20)21/h3-8H,9H2,1-2H3,(H,20,21)(H,17,18,22). The molecule has 22 heavy (non-hydrogen) atoms. The van der Waals surface area contributed by atoms with Crippen LogP contribution in [-0.2, 0) is 21.5 Å². The van der Waals surface area contributed by atoms with Gasteiger partial charge in [0.15, 0.2) is 5.82 Å². The highest BCUT2D eigenvalue weighted by Crippen LogP contribution is 2.27. The number of benzene rings is 1. The first kappa shape index (κ1) is 15.7. The topological polar surface area (TPSA) is 84.2 Å². The summed E-state index contributed by atoms with van der Waals surface area (Å²) < 4.78 is 15.1. The molecular weight excluding hydrogens is 289 g/mol. The predicted octanol–water partition coefficient (Wildman–Crippen LogP) is 2.02. The molecule has 0 spiro atoms. The number of carbonyl (C=O) groups excluding carboxylic acids is 1. The van der Waals surface area contributed by atoms with Crippen molar-refractivity contribution in [1.29, 1.82) is 0 Å². The molecule has 2 N–H and O–H groups in total. The smallest absolute Gasteiger partial charge is 0.325 e. The zero-order valence-electron chi connectivity index (χ0n) is 12.2. The van der Waals surface area contributed by atoms with Crippen LogP contribution in [0.1, 0.15) is 19.4 Å². The molecule has 0 unspecified atom stereocenters. The first-order valence-electron chi connectivity index (χ1n) is 6.62. The summed E-state index contributed by atoms with van der Waals surface area (Å²) in [6.07, 6.45) is 1.44. The van der Waals surface area contributed by atoms with Gasteiger partial charge in [-0.1, -0.05) is 18.2 Å². The van der Waals surface area contributed by atoms with Crippen molar-refractivity contribution in [3.05, 3.63) is 47.9 Å². The number of hydrogen-bond acceptors (Lipinski definition) is 3. The molecule has 0 aliphatic rings. The van der Waals surface area contributed by atoms with Crippen LogP contribution in [0.3, 0.4) is 0 Å². The van der Waals surface area contributed by atoms with Crippen molar-refractivity contribution in [3.8, 4) is 0 Å². The van der Waals surface area contributed by atoms with Crippen LogP contribution in [0.2, 0.25) is 0 Å². The molecule has 1 aromatic heterocycles. The maximum atomic E-state index is 13.9. The molecule has 0 atom stereocenters. The van der Waals surface area contributed by atoms with Gasteiger partial charge in [0.25, 0.3) is 0 Å². The molecule has 1 aromatic carbocycles. The molecule has 7 heteroatoms. The normalized spacial score (nSPS) is 11.2. The Bertz CT molecular complexity index is 710. The predicted molar refractivity (Wildman–Crippen MR) is 77.9 cm³/mol. The van der Waals surface area contributed by atoms with Crippen LogP contribution in [0.4, 0.5) is 10.2 Å². The minimum Gasteiger partial charge on any atom is -0.480 e. The Morgan fingerprint density at radius 2 is 2.00 bits per heavy atom. The summed E-state index contributed by atoms with van der Waals surface area (Å²) >= 11 is 0. The molecule has 0 radical (unpaired) electrons. The lowest BCUT2D eigenvalue weighted by atomic mass is 9.83. The number of anilines is 1. The van der Waals surface area contributed by atoms with E-state index in [1.54, 1.807) is 32.0 Å². The number of halogens is 1. The fourth-order valence-corrected chi connectivity index (χ4v) is 2.02. The van der Waals surface area contributed by atoms with Gasteiger partial charge >= 0.3 is 5.97 Å². The van der Waals surface area contributed by atoms with Gasteiger partial charge in [-0.05, 0) is 19.9 Å². The van der Waals surface area contributed by atoms with Crippen LogP contribution >= 0.6 is 0 Å². The Morgan fingerprint density at radius 3 is 2.64 bits per heavy atom. The van der Waals surface area contributed by atoms with E-state index in [1.807, 2.05) is 0 Å². The maximum absolute atomic E-state index is 13.9. The van der Waals surface area contributed by atoms with Crippen LogP contribution in [0, 0.1) is 5.82 Å². The molecule has 0 saturated carbocycles. The molecule has 2 aromatic rings. The number of carboxylic acids is 1. The number of aromatic nitrogens is 2. The van der Waals surface area contributed by atoms with Gasteiger partial charge in [0.1, 0.15) is 12.4 Å². The number of hydrogen-bond donors (Lipinski definition) is 2. The second-order valence-electron chi connectivity index (χ2n) is 5.35. The molecule has 0 aliphatic carbocycles. The van der Waals surface area contributed by atoms with Crippen molar-refractivity contribution in [2.75, 3.05) is 5.32 Å². The van der Waals surface area contributed by atoms with E-state index in [1.165, 1.54) is 23.0 Å². The minimum absolute atomic E-state index is 0.218. The quantitative estimate of drug-likeness (QED) is 0.885. The van der Waals surface area contributed by atoms with E-state index < -0.39 is 23.1 Å². The van der Waals surface area contributed by atoms with E-state index in [0.717, 1.165) is 0 Å². The van der Waals surface area contributed by atoms with E-state index >= 15 is 0 Å². The van der Waals surface area contributed by atoms with Crippen molar-refractivity contribution in [2.24, 2.45) is 0 Å². The molecule has 1 amide bonds. The fraction of sp³-hybridized carbons (Fsp3) is 0.267. The summed E-state index contributed by atoms with van der Waals surface area (Å²) in [5, 5.41) is 15.2. The van der Waals surface area contributed by atoms with Gasteiger partial charge in [-0.15, -0.1) is 0 Å². The minimum atomic E-state index is -1.10. The van der Waals surface area contributed by atoms with Gasteiger partial charge in [0.2, 0.25) is 5.91 Å². The summed E-state index contributed by atoms with van der Waals surface area (Å²) in [4.78, 5) is 23.0. The lowest BCUT2D eigenvalue weighted by Gasteiger charge is -2.24. The molecule has 0 bridgehead atoms. The monoisotopic (exact) mass is 305 g/mol. The molecular formula is C15H16FN3O3. The molecule has 1 heterocycles. The molecule has 116 valence electrons. The number of aliphatic carboxylic acids is 1. The third kappa shape index (κ3) is 3.30. The Balaban J connectivity index is 2.16. The van der Waals surface area contributed by atoms with Gasteiger partial charge in [0, 0.05) is 17.8 Å². The largest absolute Gasteiger partial charge is 0.480 e. The highest BCUT2D eigenvalue weighted by atomic mass is 19.1. The first-order chi connectivity index (χ1) is 10.3. The Hall–Kier alpha value is -2.70. The molecule has 2 rings (SSSR count). The molecule has 0 fully saturated rings. The number of amides is 1. The van der Waals surface area contributed by atoms with E-state index in [9.17, 15) is 14.0 Å². The summed E-state index contributed by atoms with van der Waals surface area (Å²) in [6.45, 7) is 2.91. The Labute approximate surface area is 126 Å². The van der Waals surface area contributed by atoms with E-state index in [2.05, 4.69) is 10.4 Å². The van der Waals surface area contributed by atoms with E-state index in [0.29, 0.717) is 0 Å². The van der Waals surface area contributed by atoms with Crippen LogP contribution in [-0.4, -0.2) is 26.8 Å². The lowest BCUT2D eigenvalue weighted by Crippen LogP contribution is -2.35. The van der Waals surface area contributed by atoms with Gasteiger partial charge in [0.05, 0.1) is 5.41 Å². The SMILES string of the molecule is CC(C)(C(=O)Nc1ccn(CC(=O)O)n1)c1ccccc1F. The van der Waals surface area contributed by atoms with Crippen LogP contribution < -0.4 is 5.32 Å². The van der Waals surface area contributed by atoms with Crippen molar-refractivity contribution in [2.45, 2.75) is 25.8 Å². The third-order valence-electron chi connectivity index (χ3n) is 3.29. The fourth-order valence-electron chi connectivity index (χ4n) is 2.02. The average Bonchev–Trinajstić information content (AvgIpc) is 2.85. The van der Waals surface area contributed by atoms with Gasteiger partial charge < -0.3 is 10.4 Å². The highest BCUT2D eigenvalue weighted by molar-refractivity contribution is 5.97. The average molecular weight is 305 g/mol. The maximum Gasteiger partial charge on any atom is 0.325 e. The van der Waals surface area contributed by atoms with Crippen molar-refractivity contribution in [1.82, 2.24) is 9.78 Å². The van der Waals surface area contributed by atoms with Gasteiger partial charge in [-0.2, -0.15) is 5.10 Å². The van der Waals surface area contributed by atoms with Gasteiger partial charge in [-0.25, -0.2) is 4.39 Å². The first-order valence-corrected chi connectivity index (χ1v) is 6.62. The number of rotatable bonds is 5. The number of nitrogens with zero attached hydrogens (tertiary/aromatic N) is 2. The summed E-state index contributed by atoms with van der Waals surface area (Å²) in [5.41, 5.74) is -0.820. The molecule has 0 saturated heterocycles. The summed E-state index contributed by atoms with van der Waals surface area (Å²) in [5.74, 6) is -1.71. The number of carboxylic acid groups (broad SMARTS) is 1. The highest BCUT2D eigenvalue weighted by Gasteiger charge is 2.32. The van der Waals surface area contributed by atoms with Gasteiger partial charge in [-0.3, -0.25) is 14.3 Å². The van der Waals surface area contributed by atoms with E-state index in [-0.39, 0.29) is 17.9 Å². The third-order valence-corrected chi connectivity index (χ3v) is 3.29. The van der Waals surface area contributed by atoms with Crippen molar-refractivity contribution >= 4 is 17.7 Å². The van der Waals surface area contributed by atoms with Crippen LogP contribution in [0.5, 0.6) is 0 Å². The van der Waals surface area contributed by atoms with Crippen molar-refractivity contribution in [3.63, 3.8) is 0 Å². The lowest BCUT2D eigenvalue weighted by molar-refractivity contribution is -0.137. The molecule has 6 nitrogen and oxygen atoms in total.